The van der Waals surface area contributed by atoms with Gasteiger partial charge in [0, 0.05) is 12.8 Å². The fourth-order valence-corrected chi connectivity index (χ4v) is 5.58. The lowest BCUT2D eigenvalue weighted by atomic mass is 9.77. The van der Waals surface area contributed by atoms with E-state index in [1.54, 1.807) is 13.8 Å². The van der Waals surface area contributed by atoms with Gasteiger partial charge >= 0.3 is 0 Å². The Morgan fingerprint density at radius 3 is 1.93 bits per heavy atom. The number of hydrogen-bond donors (Lipinski definition) is 9. The van der Waals surface area contributed by atoms with Crippen LogP contribution in [-0.4, -0.2) is 144 Å². The van der Waals surface area contributed by atoms with Crippen LogP contribution in [0, 0.1) is 23.7 Å². The molecule has 17 atom stereocenters. The van der Waals surface area contributed by atoms with Crippen molar-refractivity contribution in [3.63, 3.8) is 0 Å². The second-order valence-corrected chi connectivity index (χ2v) is 12.1. The molecule has 251 valence electrons. The summed E-state index contributed by atoms with van der Waals surface area (Å²) < 4.78 is 17.1. The van der Waals surface area contributed by atoms with Gasteiger partial charge in [-0.2, -0.15) is 0 Å². The van der Waals surface area contributed by atoms with Crippen molar-refractivity contribution < 1.29 is 69.8 Å². The maximum atomic E-state index is 13.8. The van der Waals surface area contributed by atoms with Crippen molar-refractivity contribution in [2.45, 2.75) is 140 Å². The lowest BCUT2D eigenvalue weighted by Crippen LogP contribution is -2.58. The monoisotopic (exact) mass is 623 g/mol. The molecule has 0 amide bonds. The summed E-state index contributed by atoms with van der Waals surface area (Å²) in [7, 11) is 0. The number of hydrogen-bond acceptors (Lipinski definition) is 14. The predicted molar refractivity (Wildman–Crippen MR) is 149 cm³/mol. The number of rotatable bonds is 17. The first kappa shape index (κ1) is 38.0. The first-order valence-corrected chi connectivity index (χ1v) is 15.1. The Hall–Kier alpha value is -1.14. The molecule has 0 bridgehead atoms. The van der Waals surface area contributed by atoms with Crippen LogP contribution in [0.4, 0.5) is 0 Å². The Morgan fingerprint density at radius 1 is 0.814 bits per heavy atom. The van der Waals surface area contributed by atoms with Gasteiger partial charge in [-0.1, -0.05) is 40.5 Å². The standard InChI is InChI=1S/C29H51O14/c1-6-12(3)16(32)8-17(33)15(10-30)23(36)21(28-26(39)24(37)20(11-31)42-28)18(34)9-19(13(4)7-2)43-29-27(40)25(38)22(35)14(5)41-29/h12-22,24-29,31-35,37-40H,6-9,11H2,1-5H3/t12?,13?,14-,15?,16?,17?,18?,19?,20-,21?,22-,24-,25+,26+,27+,28-,29-/m0/s1. The van der Waals surface area contributed by atoms with Gasteiger partial charge < -0.3 is 60.2 Å². The van der Waals surface area contributed by atoms with Crippen molar-refractivity contribution in [2.75, 3.05) is 6.61 Å². The van der Waals surface area contributed by atoms with E-state index in [1.165, 1.54) is 13.2 Å². The summed E-state index contributed by atoms with van der Waals surface area (Å²) in [6.07, 6.45) is -16.8. The van der Waals surface area contributed by atoms with Crippen LogP contribution < -0.4 is 0 Å². The normalized spacial score (nSPS) is 37.1. The van der Waals surface area contributed by atoms with Crippen molar-refractivity contribution in [2.24, 2.45) is 23.7 Å². The van der Waals surface area contributed by atoms with Crippen LogP contribution >= 0.6 is 0 Å². The van der Waals surface area contributed by atoms with E-state index in [0.717, 1.165) is 0 Å². The highest BCUT2D eigenvalue weighted by molar-refractivity contribution is 5.96. The largest absolute Gasteiger partial charge is 0.394 e. The van der Waals surface area contributed by atoms with Crippen LogP contribution in [0.15, 0.2) is 0 Å². The molecule has 0 aliphatic carbocycles. The summed E-state index contributed by atoms with van der Waals surface area (Å²) in [5, 5.41) is 94.1. The number of aliphatic hydroxyl groups excluding tert-OH is 9. The Balaban J connectivity index is 2.40. The van der Waals surface area contributed by atoms with Crippen LogP contribution in [0.3, 0.4) is 0 Å². The highest BCUT2D eigenvalue weighted by Gasteiger charge is 2.53. The van der Waals surface area contributed by atoms with Gasteiger partial charge in [0.15, 0.2) is 12.1 Å². The number of Topliss-reactive ketones (excluding diaryl/α,β-unsaturated/α-hetero) is 1. The van der Waals surface area contributed by atoms with E-state index in [0.29, 0.717) is 12.8 Å². The average molecular weight is 624 g/mol. The molecule has 14 heteroatoms. The summed E-state index contributed by atoms with van der Waals surface area (Å²) in [4.78, 5) is 25.8. The molecule has 2 rings (SSSR count). The Bertz CT molecular complexity index is 861. The molecule has 0 aromatic carbocycles. The molecular formula is C29H51O14. The van der Waals surface area contributed by atoms with Gasteiger partial charge in [-0.3, -0.25) is 9.59 Å². The maximum Gasteiger partial charge on any atom is 0.212 e. The van der Waals surface area contributed by atoms with Crippen LogP contribution in [-0.2, 0) is 23.8 Å². The fourth-order valence-electron chi connectivity index (χ4n) is 5.58. The molecular weight excluding hydrogens is 572 g/mol. The SMILES string of the molecule is CCC(C)C(O)CC(O)C([C]=O)C(=O)C(C(O)CC(O[C@@H]1O[C@@H](C)[C@H](O)[C@@H](O)[C@H]1O)C(C)CC)[C@@H]1O[C@@H](CO)[C@H](O)[C@H]1O. The van der Waals surface area contributed by atoms with Gasteiger partial charge in [0.2, 0.25) is 6.29 Å². The number of carbonyl (C=O) groups is 1. The molecule has 0 aromatic heterocycles. The highest BCUT2D eigenvalue weighted by Crippen LogP contribution is 2.35. The summed E-state index contributed by atoms with van der Waals surface area (Å²) in [6.45, 7) is 7.87. The number of carbonyl (C=O) groups excluding carboxylic acids is 2. The third kappa shape index (κ3) is 8.99. The summed E-state index contributed by atoms with van der Waals surface area (Å²) in [6, 6.07) is 0. The Morgan fingerprint density at radius 2 is 1.42 bits per heavy atom. The van der Waals surface area contributed by atoms with Crippen LogP contribution in [0.25, 0.3) is 0 Å². The zero-order valence-electron chi connectivity index (χ0n) is 25.4. The van der Waals surface area contributed by atoms with Crippen LogP contribution in [0.2, 0.25) is 0 Å². The van der Waals surface area contributed by atoms with Crippen molar-refractivity contribution in [1.82, 2.24) is 0 Å². The number of ether oxygens (including phenoxy) is 3. The van der Waals surface area contributed by atoms with E-state index in [4.69, 9.17) is 14.2 Å². The minimum atomic E-state index is -1.86. The molecule has 2 aliphatic heterocycles. The van der Waals surface area contributed by atoms with Gasteiger partial charge in [0.05, 0.1) is 49.1 Å². The topological polar surface area (TPSA) is 244 Å². The van der Waals surface area contributed by atoms with E-state index in [-0.39, 0.29) is 24.7 Å². The molecule has 2 heterocycles. The molecule has 0 saturated carbocycles. The predicted octanol–water partition coefficient (Wildman–Crippen LogP) is -2.45. The lowest BCUT2D eigenvalue weighted by Gasteiger charge is -2.42. The number of aliphatic hydroxyl groups is 9. The van der Waals surface area contributed by atoms with Crippen molar-refractivity contribution in [3.8, 4) is 0 Å². The zero-order chi connectivity index (χ0) is 32.8. The molecule has 2 aliphatic rings. The van der Waals surface area contributed by atoms with Crippen molar-refractivity contribution in [3.05, 3.63) is 0 Å². The molecule has 1 radical (unpaired) electrons. The van der Waals surface area contributed by atoms with Gasteiger partial charge in [-0.05, 0) is 18.8 Å². The second kappa shape index (κ2) is 17.0. The van der Waals surface area contributed by atoms with Crippen molar-refractivity contribution >= 4 is 12.1 Å². The summed E-state index contributed by atoms with van der Waals surface area (Å²) >= 11 is 0. The maximum absolute atomic E-state index is 13.8. The minimum absolute atomic E-state index is 0.257. The molecule has 8 unspecified atom stereocenters. The van der Waals surface area contributed by atoms with E-state index >= 15 is 0 Å². The minimum Gasteiger partial charge on any atom is -0.394 e. The first-order chi connectivity index (χ1) is 20.1. The zero-order valence-corrected chi connectivity index (χ0v) is 25.4. The van der Waals surface area contributed by atoms with Gasteiger partial charge in [0.25, 0.3) is 0 Å². The molecule has 0 aromatic rings. The van der Waals surface area contributed by atoms with Gasteiger partial charge in [-0.15, -0.1) is 0 Å². The molecule has 43 heavy (non-hydrogen) atoms. The molecule has 14 nitrogen and oxygen atoms in total. The quantitative estimate of drug-likeness (QED) is 0.0764. The summed E-state index contributed by atoms with van der Waals surface area (Å²) in [5.41, 5.74) is 0. The molecule has 2 saturated heterocycles. The van der Waals surface area contributed by atoms with Crippen LogP contribution in [0.5, 0.6) is 0 Å². The smallest absolute Gasteiger partial charge is 0.212 e. The third-order valence-electron chi connectivity index (χ3n) is 9.15. The third-order valence-corrected chi connectivity index (χ3v) is 9.15. The highest BCUT2D eigenvalue weighted by atomic mass is 16.7. The lowest BCUT2D eigenvalue weighted by molar-refractivity contribution is -0.309. The van der Waals surface area contributed by atoms with E-state index < -0.39 is 104 Å². The Labute approximate surface area is 252 Å². The van der Waals surface area contributed by atoms with E-state index in [1.807, 2.05) is 13.8 Å². The second-order valence-electron chi connectivity index (χ2n) is 12.1. The molecule has 0 spiro atoms. The van der Waals surface area contributed by atoms with Crippen LogP contribution in [0.1, 0.15) is 60.3 Å². The number of ketones is 1. The van der Waals surface area contributed by atoms with Crippen molar-refractivity contribution in [1.29, 1.82) is 0 Å². The Kier molecular flexibility index (Phi) is 15.0. The fraction of sp³-hybridized carbons (Fsp3) is 0.931. The molecule has 2 fully saturated rings. The first-order valence-electron chi connectivity index (χ1n) is 15.1. The van der Waals surface area contributed by atoms with E-state index in [2.05, 4.69) is 0 Å². The molecule has 9 N–H and O–H groups in total. The summed E-state index contributed by atoms with van der Waals surface area (Å²) in [5.74, 6) is -5.25. The van der Waals surface area contributed by atoms with E-state index in [9.17, 15) is 55.5 Å². The van der Waals surface area contributed by atoms with Gasteiger partial charge in [-0.25, -0.2) is 0 Å². The average Bonchev–Trinajstić information content (AvgIpc) is 3.26. The van der Waals surface area contributed by atoms with Gasteiger partial charge in [0.1, 0.15) is 42.5 Å².